The molecule has 0 unspecified atom stereocenters. The molecule has 0 saturated carbocycles. The van der Waals surface area contributed by atoms with Crippen LogP contribution in [0.3, 0.4) is 0 Å². The van der Waals surface area contributed by atoms with Crippen LogP contribution in [0.4, 0.5) is 0 Å². The first kappa shape index (κ1) is 12.2. The minimum atomic E-state index is 0.169. The predicted octanol–water partition coefficient (Wildman–Crippen LogP) is 3.72. The lowest BCUT2D eigenvalue weighted by Gasteiger charge is -2.23. The summed E-state index contributed by atoms with van der Waals surface area (Å²) in [6, 6.07) is 4.04. The highest BCUT2D eigenvalue weighted by Gasteiger charge is 2.21. The summed E-state index contributed by atoms with van der Waals surface area (Å²) in [6.45, 7) is 6.75. The van der Waals surface area contributed by atoms with Crippen LogP contribution in [-0.4, -0.2) is 10.2 Å². The van der Waals surface area contributed by atoms with Crippen molar-refractivity contribution in [3.8, 4) is 0 Å². The number of rotatable bonds is 6. The molecule has 0 amide bonds. The Balaban J connectivity index is 2.45. The SMILES string of the molecule is CCCCCCC(C)(C)c1cccnn1. The first-order chi connectivity index (χ1) is 7.17. The summed E-state index contributed by atoms with van der Waals surface area (Å²) < 4.78 is 0. The Bertz CT molecular complexity index is 267. The van der Waals surface area contributed by atoms with Gasteiger partial charge < -0.3 is 0 Å². The topological polar surface area (TPSA) is 25.8 Å². The normalized spacial score (nSPS) is 11.7. The van der Waals surface area contributed by atoms with Crippen LogP contribution in [0.25, 0.3) is 0 Å². The van der Waals surface area contributed by atoms with Crippen LogP contribution < -0.4 is 0 Å². The Morgan fingerprint density at radius 3 is 2.60 bits per heavy atom. The van der Waals surface area contributed by atoms with Gasteiger partial charge in [0.2, 0.25) is 0 Å². The van der Waals surface area contributed by atoms with Gasteiger partial charge in [-0.1, -0.05) is 46.5 Å². The molecular weight excluding hydrogens is 184 g/mol. The molecule has 0 aliphatic rings. The standard InChI is InChI=1S/C13H22N2/c1-4-5-6-7-10-13(2,3)12-9-8-11-14-15-12/h8-9,11H,4-7,10H2,1-3H3. The molecule has 0 aromatic carbocycles. The summed E-state index contributed by atoms with van der Waals surface area (Å²) in [7, 11) is 0. The second kappa shape index (κ2) is 5.84. The van der Waals surface area contributed by atoms with E-state index in [1.54, 1.807) is 6.20 Å². The van der Waals surface area contributed by atoms with E-state index in [9.17, 15) is 0 Å². The van der Waals surface area contributed by atoms with Gasteiger partial charge in [0.05, 0.1) is 5.69 Å². The molecule has 1 aromatic heterocycles. The molecular formula is C13H22N2. The third-order valence-corrected chi connectivity index (χ3v) is 2.92. The molecule has 0 radical (unpaired) electrons. The lowest BCUT2D eigenvalue weighted by atomic mass is 9.83. The van der Waals surface area contributed by atoms with Gasteiger partial charge in [0.1, 0.15) is 0 Å². The van der Waals surface area contributed by atoms with Crippen molar-refractivity contribution in [3.05, 3.63) is 24.0 Å². The molecule has 0 spiro atoms. The van der Waals surface area contributed by atoms with Crippen molar-refractivity contribution in [2.45, 2.75) is 58.3 Å². The smallest absolute Gasteiger partial charge is 0.0687 e. The summed E-state index contributed by atoms with van der Waals surface area (Å²) in [5.74, 6) is 0. The molecule has 1 heterocycles. The van der Waals surface area contributed by atoms with Gasteiger partial charge >= 0.3 is 0 Å². The van der Waals surface area contributed by atoms with Crippen molar-refractivity contribution in [3.63, 3.8) is 0 Å². The summed E-state index contributed by atoms with van der Waals surface area (Å²) in [4.78, 5) is 0. The maximum Gasteiger partial charge on any atom is 0.0687 e. The Hall–Kier alpha value is -0.920. The second-order valence-electron chi connectivity index (χ2n) is 4.80. The van der Waals surface area contributed by atoms with Crippen LogP contribution >= 0.6 is 0 Å². The zero-order chi connectivity index (χ0) is 11.1. The number of hydrogen-bond acceptors (Lipinski definition) is 2. The van der Waals surface area contributed by atoms with Crippen LogP contribution in [0.5, 0.6) is 0 Å². The maximum atomic E-state index is 4.20. The fourth-order valence-corrected chi connectivity index (χ4v) is 1.78. The molecule has 15 heavy (non-hydrogen) atoms. The van der Waals surface area contributed by atoms with Gasteiger partial charge in [0.15, 0.2) is 0 Å². The lowest BCUT2D eigenvalue weighted by Crippen LogP contribution is -2.19. The van der Waals surface area contributed by atoms with Crippen molar-refractivity contribution in [2.24, 2.45) is 0 Å². The van der Waals surface area contributed by atoms with E-state index in [2.05, 4.69) is 37.0 Å². The fraction of sp³-hybridized carbons (Fsp3) is 0.692. The molecule has 0 fully saturated rings. The summed E-state index contributed by atoms with van der Waals surface area (Å²) in [5.41, 5.74) is 1.28. The van der Waals surface area contributed by atoms with E-state index in [0.29, 0.717) is 0 Å². The summed E-state index contributed by atoms with van der Waals surface area (Å²) in [5, 5.41) is 8.14. The van der Waals surface area contributed by atoms with Crippen molar-refractivity contribution >= 4 is 0 Å². The minimum Gasteiger partial charge on any atom is -0.159 e. The zero-order valence-corrected chi connectivity index (χ0v) is 10.2. The van der Waals surface area contributed by atoms with Crippen molar-refractivity contribution in [1.29, 1.82) is 0 Å². The van der Waals surface area contributed by atoms with Gasteiger partial charge in [-0.2, -0.15) is 10.2 Å². The monoisotopic (exact) mass is 206 g/mol. The van der Waals surface area contributed by atoms with E-state index in [4.69, 9.17) is 0 Å². The molecule has 0 bridgehead atoms. The Morgan fingerprint density at radius 2 is 2.00 bits per heavy atom. The van der Waals surface area contributed by atoms with Crippen LogP contribution in [0, 0.1) is 0 Å². The average Bonchev–Trinajstić information content (AvgIpc) is 2.26. The highest BCUT2D eigenvalue weighted by molar-refractivity contribution is 5.11. The molecule has 0 aliphatic carbocycles. The van der Waals surface area contributed by atoms with Crippen LogP contribution in [0.2, 0.25) is 0 Å². The largest absolute Gasteiger partial charge is 0.159 e. The Kier molecular flexibility index (Phi) is 4.73. The van der Waals surface area contributed by atoms with Crippen molar-refractivity contribution < 1.29 is 0 Å². The first-order valence-electron chi connectivity index (χ1n) is 5.95. The van der Waals surface area contributed by atoms with Crippen molar-refractivity contribution in [1.82, 2.24) is 10.2 Å². The zero-order valence-electron chi connectivity index (χ0n) is 10.2. The number of hydrogen-bond donors (Lipinski definition) is 0. The molecule has 2 nitrogen and oxygen atoms in total. The molecule has 0 saturated heterocycles. The van der Waals surface area contributed by atoms with Gasteiger partial charge in [0.25, 0.3) is 0 Å². The third-order valence-electron chi connectivity index (χ3n) is 2.92. The molecule has 0 N–H and O–H groups in total. The van der Waals surface area contributed by atoms with Gasteiger partial charge in [0, 0.05) is 11.6 Å². The van der Waals surface area contributed by atoms with E-state index >= 15 is 0 Å². The predicted molar refractivity (Wildman–Crippen MR) is 63.8 cm³/mol. The highest BCUT2D eigenvalue weighted by atomic mass is 15.1. The van der Waals surface area contributed by atoms with E-state index < -0.39 is 0 Å². The molecule has 2 heteroatoms. The molecule has 1 rings (SSSR count). The maximum absolute atomic E-state index is 4.20. The third kappa shape index (κ3) is 3.98. The fourth-order valence-electron chi connectivity index (χ4n) is 1.78. The van der Waals surface area contributed by atoms with E-state index in [1.807, 2.05) is 6.07 Å². The van der Waals surface area contributed by atoms with Gasteiger partial charge in [-0.15, -0.1) is 0 Å². The van der Waals surface area contributed by atoms with E-state index in [0.717, 1.165) is 5.69 Å². The molecule has 1 aromatic rings. The van der Waals surface area contributed by atoms with Crippen molar-refractivity contribution in [2.75, 3.05) is 0 Å². The van der Waals surface area contributed by atoms with Crippen LogP contribution in [0.1, 0.15) is 58.6 Å². The number of unbranched alkanes of at least 4 members (excludes halogenated alkanes) is 3. The number of aromatic nitrogens is 2. The average molecular weight is 206 g/mol. The summed E-state index contributed by atoms with van der Waals surface area (Å²) >= 11 is 0. The number of nitrogens with zero attached hydrogens (tertiary/aromatic N) is 2. The lowest BCUT2D eigenvalue weighted by molar-refractivity contribution is 0.431. The van der Waals surface area contributed by atoms with Crippen LogP contribution in [0.15, 0.2) is 18.3 Å². The first-order valence-corrected chi connectivity index (χ1v) is 5.95. The molecule has 0 aliphatic heterocycles. The van der Waals surface area contributed by atoms with Gasteiger partial charge in [-0.25, -0.2) is 0 Å². The second-order valence-corrected chi connectivity index (χ2v) is 4.80. The molecule has 0 atom stereocenters. The van der Waals surface area contributed by atoms with Gasteiger partial charge in [-0.05, 0) is 18.6 Å². The highest BCUT2D eigenvalue weighted by Crippen LogP contribution is 2.27. The minimum absolute atomic E-state index is 0.169. The van der Waals surface area contributed by atoms with Gasteiger partial charge in [-0.3, -0.25) is 0 Å². The van der Waals surface area contributed by atoms with Crippen LogP contribution in [-0.2, 0) is 5.41 Å². The molecule has 84 valence electrons. The van der Waals surface area contributed by atoms with E-state index in [1.165, 1.54) is 32.1 Å². The summed E-state index contributed by atoms with van der Waals surface area (Å²) in [6.07, 6.45) is 8.20. The quantitative estimate of drug-likeness (QED) is 0.663. The Morgan fingerprint density at radius 1 is 1.20 bits per heavy atom. The van der Waals surface area contributed by atoms with E-state index in [-0.39, 0.29) is 5.41 Å². The Labute approximate surface area is 93.1 Å².